The van der Waals surface area contributed by atoms with E-state index in [0.717, 1.165) is 37.0 Å². The number of fused-ring (bicyclic) bond motifs is 6. The van der Waals surface area contributed by atoms with Crippen LogP contribution in [0.3, 0.4) is 0 Å². The van der Waals surface area contributed by atoms with Gasteiger partial charge in [0.15, 0.2) is 0 Å². The van der Waals surface area contributed by atoms with Crippen LogP contribution in [0.4, 0.5) is 0 Å². The summed E-state index contributed by atoms with van der Waals surface area (Å²) in [5, 5.41) is 10.7. The van der Waals surface area contributed by atoms with E-state index in [-0.39, 0.29) is 5.41 Å². The van der Waals surface area contributed by atoms with Gasteiger partial charge < -0.3 is 15.6 Å². The Kier molecular flexibility index (Phi) is 2.65. The zero-order valence-electron chi connectivity index (χ0n) is 14.1. The molecule has 3 N–H and O–H groups in total. The van der Waals surface area contributed by atoms with Crippen LogP contribution in [-0.2, 0) is 4.74 Å². The van der Waals surface area contributed by atoms with Gasteiger partial charge in [0.1, 0.15) is 5.72 Å². The fraction of sp³-hybridized carbons (Fsp3) is 1.00. The quantitative estimate of drug-likeness (QED) is 0.534. The molecule has 0 aromatic carbocycles. The van der Waals surface area contributed by atoms with Gasteiger partial charge in [-0.3, -0.25) is 0 Å². The minimum atomic E-state index is -0.933. The van der Waals surface area contributed by atoms with E-state index in [2.05, 4.69) is 13.8 Å². The molecule has 0 bridgehead atoms. The number of rotatable bonds is 0. The van der Waals surface area contributed by atoms with E-state index in [1.807, 2.05) is 0 Å². The number of hydrogen-bond donors (Lipinski definition) is 2. The number of hydrogen-bond acceptors (Lipinski definition) is 3. The second-order valence-corrected chi connectivity index (χ2v) is 9.73. The predicted octanol–water partition coefficient (Wildman–Crippen LogP) is 3.05. The molecule has 3 heteroatoms. The molecule has 5 fully saturated rings. The number of ether oxygens (including phenoxy) is 1. The van der Waals surface area contributed by atoms with Gasteiger partial charge in [-0.05, 0) is 80.5 Å². The molecule has 9 atom stereocenters. The molecule has 1 heterocycles. The van der Waals surface area contributed by atoms with E-state index in [1.54, 1.807) is 0 Å². The van der Waals surface area contributed by atoms with Crippen LogP contribution in [-0.4, -0.2) is 23.0 Å². The Morgan fingerprint density at radius 2 is 1.77 bits per heavy atom. The highest BCUT2D eigenvalue weighted by Crippen LogP contribution is 2.68. The van der Waals surface area contributed by atoms with Crippen molar-refractivity contribution in [1.29, 1.82) is 0 Å². The van der Waals surface area contributed by atoms with Crippen molar-refractivity contribution in [3.05, 3.63) is 0 Å². The summed E-state index contributed by atoms with van der Waals surface area (Å²) in [5.74, 6) is 3.13. The van der Waals surface area contributed by atoms with Gasteiger partial charge in [-0.1, -0.05) is 13.8 Å². The first-order chi connectivity index (χ1) is 10.4. The molecule has 0 radical (unpaired) electrons. The summed E-state index contributed by atoms with van der Waals surface area (Å²) in [4.78, 5) is 0. The first kappa shape index (κ1) is 14.2. The van der Waals surface area contributed by atoms with Gasteiger partial charge in [-0.25, -0.2) is 0 Å². The first-order valence-corrected chi connectivity index (χ1v) is 9.52. The van der Waals surface area contributed by atoms with Gasteiger partial charge in [0.25, 0.3) is 0 Å². The Hall–Kier alpha value is -0.120. The summed E-state index contributed by atoms with van der Waals surface area (Å²) < 4.78 is 5.89. The van der Waals surface area contributed by atoms with Crippen LogP contribution >= 0.6 is 0 Å². The normalized spacial score (nSPS) is 66.0. The number of epoxide rings is 1. The Balaban J connectivity index is 1.48. The molecule has 4 saturated carbocycles. The second-order valence-electron chi connectivity index (χ2n) is 9.73. The fourth-order valence-electron chi connectivity index (χ4n) is 7.57. The highest BCUT2D eigenvalue weighted by molar-refractivity contribution is 5.14. The fourth-order valence-corrected chi connectivity index (χ4v) is 7.57. The molecule has 0 aromatic rings. The summed E-state index contributed by atoms with van der Waals surface area (Å²) in [5.41, 5.74) is 5.82. The maximum Gasteiger partial charge on any atom is 0.119 e. The summed E-state index contributed by atoms with van der Waals surface area (Å²) in [6.07, 6.45) is 10.8. The lowest BCUT2D eigenvalue weighted by Gasteiger charge is -2.60. The lowest BCUT2D eigenvalue weighted by atomic mass is 9.45. The van der Waals surface area contributed by atoms with Crippen LogP contribution in [0.2, 0.25) is 0 Å². The molecular weight excluding hydrogens is 274 g/mol. The van der Waals surface area contributed by atoms with Crippen LogP contribution in [0.15, 0.2) is 0 Å². The maximum atomic E-state index is 10.7. The first-order valence-electron chi connectivity index (χ1n) is 9.52. The maximum absolute atomic E-state index is 10.7. The molecule has 0 amide bonds. The molecule has 0 aromatic heterocycles. The third kappa shape index (κ3) is 1.58. The topological polar surface area (TPSA) is 58.8 Å². The van der Waals surface area contributed by atoms with Crippen molar-refractivity contribution in [2.24, 2.45) is 40.2 Å². The summed E-state index contributed by atoms with van der Waals surface area (Å²) in [7, 11) is 0. The second kappa shape index (κ2) is 4.10. The molecule has 1 saturated heterocycles. The van der Waals surface area contributed by atoms with Crippen LogP contribution in [0.25, 0.3) is 0 Å². The average Bonchev–Trinajstić information content (AvgIpc) is 3.14. The van der Waals surface area contributed by atoms with Gasteiger partial charge in [-0.15, -0.1) is 0 Å². The van der Waals surface area contributed by atoms with Gasteiger partial charge in [0.05, 0.1) is 12.2 Å². The monoisotopic (exact) mass is 305 g/mol. The zero-order valence-corrected chi connectivity index (χ0v) is 14.1. The Morgan fingerprint density at radius 1 is 1.00 bits per heavy atom. The largest absolute Gasteiger partial charge is 0.376 e. The minimum Gasteiger partial charge on any atom is -0.376 e. The summed E-state index contributed by atoms with van der Waals surface area (Å²) >= 11 is 0. The van der Waals surface area contributed by atoms with E-state index in [4.69, 9.17) is 10.5 Å². The molecule has 0 spiro atoms. The van der Waals surface area contributed by atoms with Crippen molar-refractivity contribution >= 4 is 0 Å². The summed E-state index contributed by atoms with van der Waals surface area (Å²) in [6, 6.07) is 0. The highest BCUT2D eigenvalue weighted by atomic mass is 16.6. The van der Waals surface area contributed by atoms with E-state index in [0.29, 0.717) is 23.5 Å². The van der Waals surface area contributed by atoms with Gasteiger partial charge in [0, 0.05) is 5.41 Å². The average molecular weight is 305 g/mol. The molecule has 5 aliphatic rings. The Labute approximate surface area is 134 Å². The Morgan fingerprint density at radius 3 is 2.59 bits per heavy atom. The van der Waals surface area contributed by atoms with Gasteiger partial charge >= 0.3 is 0 Å². The number of aliphatic hydroxyl groups is 1. The predicted molar refractivity (Wildman–Crippen MR) is 84.9 cm³/mol. The molecule has 1 aliphatic heterocycles. The van der Waals surface area contributed by atoms with E-state index in [9.17, 15) is 5.11 Å². The van der Waals surface area contributed by atoms with E-state index in [1.165, 1.54) is 32.1 Å². The third-order valence-corrected chi connectivity index (χ3v) is 9.13. The molecular formula is C19H31NO2. The van der Waals surface area contributed by atoms with Crippen LogP contribution in [0.1, 0.15) is 65.2 Å². The van der Waals surface area contributed by atoms with Crippen LogP contribution < -0.4 is 5.73 Å². The lowest BCUT2D eigenvalue weighted by molar-refractivity contribution is -0.147. The zero-order chi connectivity index (χ0) is 15.3. The Bertz CT molecular complexity index is 506. The SMILES string of the molecule is C[C@]12CC3OC3CC1CC[C@@H]1[C@H]2CC[C@@]2(C)[C@H]1CCC2(N)O. The molecule has 4 unspecified atom stereocenters. The van der Waals surface area contributed by atoms with Crippen molar-refractivity contribution < 1.29 is 9.84 Å². The van der Waals surface area contributed by atoms with Crippen molar-refractivity contribution in [2.45, 2.75) is 83.1 Å². The van der Waals surface area contributed by atoms with Gasteiger partial charge in [-0.2, -0.15) is 0 Å². The highest BCUT2D eigenvalue weighted by Gasteiger charge is 2.65. The molecule has 4 aliphatic carbocycles. The molecule has 124 valence electrons. The van der Waals surface area contributed by atoms with Crippen molar-refractivity contribution in [3.8, 4) is 0 Å². The van der Waals surface area contributed by atoms with Crippen molar-refractivity contribution in [2.75, 3.05) is 0 Å². The van der Waals surface area contributed by atoms with Crippen molar-refractivity contribution in [3.63, 3.8) is 0 Å². The summed E-state index contributed by atoms with van der Waals surface area (Å²) in [6.45, 7) is 4.84. The van der Waals surface area contributed by atoms with Crippen LogP contribution in [0.5, 0.6) is 0 Å². The molecule has 5 rings (SSSR count). The standard InChI is InChI=1S/C19H31NO2/c1-17-10-16-15(22-16)9-11(17)3-4-12-13(17)5-7-18(2)14(12)6-8-19(18,20)21/h11-16,21H,3-10,20H2,1-2H3/t11?,12-,13-,14+,15?,16?,17+,18+,19?/m1/s1. The van der Waals surface area contributed by atoms with E-state index < -0.39 is 5.72 Å². The number of nitrogens with two attached hydrogens (primary N) is 1. The van der Waals surface area contributed by atoms with Crippen LogP contribution in [0, 0.1) is 34.5 Å². The lowest BCUT2D eigenvalue weighted by Crippen LogP contribution is -2.59. The van der Waals surface area contributed by atoms with Crippen molar-refractivity contribution in [1.82, 2.24) is 0 Å². The smallest absolute Gasteiger partial charge is 0.119 e. The van der Waals surface area contributed by atoms with E-state index >= 15 is 0 Å². The minimum absolute atomic E-state index is 0.0509. The third-order valence-electron chi connectivity index (χ3n) is 9.13. The molecule has 3 nitrogen and oxygen atoms in total. The molecule has 22 heavy (non-hydrogen) atoms. The van der Waals surface area contributed by atoms with Gasteiger partial charge in [0.2, 0.25) is 0 Å².